The summed E-state index contributed by atoms with van der Waals surface area (Å²) in [6.07, 6.45) is 0.375. The van der Waals surface area contributed by atoms with E-state index in [0.29, 0.717) is 53.2 Å². The molecule has 2 N–H and O–H groups in total. The Balaban J connectivity index is 1.69. The van der Waals surface area contributed by atoms with Gasteiger partial charge in [-0.2, -0.15) is 10.1 Å². The van der Waals surface area contributed by atoms with Gasteiger partial charge >= 0.3 is 0 Å². The number of nitrogens with one attached hydrogen (secondary N) is 2. The first-order valence-corrected chi connectivity index (χ1v) is 11.9. The molecule has 1 aromatic carbocycles. The molecule has 0 saturated carbocycles. The molecular formula is C24H33F2N7O3. The van der Waals surface area contributed by atoms with Crippen LogP contribution in [0.1, 0.15) is 25.0 Å². The molecule has 1 aliphatic rings. The van der Waals surface area contributed by atoms with Crippen LogP contribution in [-0.2, 0) is 11.3 Å². The number of H-pyrrole nitrogens is 1. The summed E-state index contributed by atoms with van der Waals surface area (Å²) in [6, 6.07) is 5.44. The van der Waals surface area contributed by atoms with Crippen LogP contribution in [0.3, 0.4) is 0 Å². The van der Waals surface area contributed by atoms with Crippen LogP contribution in [0, 0.1) is 0 Å². The van der Waals surface area contributed by atoms with Crippen molar-refractivity contribution in [1.29, 1.82) is 0 Å². The van der Waals surface area contributed by atoms with E-state index in [1.54, 1.807) is 25.2 Å². The average Bonchev–Trinajstić information content (AvgIpc) is 3.28. The second-order valence-corrected chi connectivity index (χ2v) is 9.08. The Hall–Kier alpha value is -3.25. The minimum atomic E-state index is -2.66. The number of aromatic nitrogens is 4. The van der Waals surface area contributed by atoms with E-state index in [4.69, 9.17) is 24.2 Å². The molecule has 0 unspecified atom stereocenters. The van der Waals surface area contributed by atoms with E-state index in [0.717, 1.165) is 18.7 Å². The lowest BCUT2D eigenvalue weighted by molar-refractivity contribution is -0.0222. The van der Waals surface area contributed by atoms with Gasteiger partial charge in [-0.05, 0) is 26.6 Å². The number of methoxy groups -OCH3 is 2. The van der Waals surface area contributed by atoms with Gasteiger partial charge in [0, 0.05) is 57.1 Å². The number of hydrogen-bond donors (Lipinski definition) is 2. The number of hydrogen-bond acceptors (Lipinski definition) is 9. The van der Waals surface area contributed by atoms with Crippen molar-refractivity contribution in [2.24, 2.45) is 0 Å². The minimum absolute atomic E-state index is 0.169. The quantitative estimate of drug-likeness (QED) is 0.377. The van der Waals surface area contributed by atoms with E-state index < -0.39 is 5.92 Å². The first-order valence-electron chi connectivity index (χ1n) is 11.9. The van der Waals surface area contributed by atoms with Gasteiger partial charge in [-0.3, -0.25) is 5.10 Å². The van der Waals surface area contributed by atoms with Gasteiger partial charge in [-0.25, -0.2) is 13.8 Å². The second-order valence-electron chi connectivity index (χ2n) is 9.08. The molecule has 0 spiro atoms. The molecule has 2 aromatic heterocycles. The highest BCUT2D eigenvalue weighted by molar-refractivity contribution is 5.94. The first-order chi connectivity index (χ1) is 17.3. The number of benzene rings is 1. The van der Waals surface area contributed by atoms with Gasteiger partial charge in [0.2, 0.25) is 5.95 Å². The predicted molar refractivity (Wildman–Crippen MR) is 134 cm³/mol. The van der Waals surface area contributed by atoms with E-state index in [2.05, 4.69) is 20.4 Å². The maximum atomic E-state index is 13.8. The van der Waals surface area contributed by atoms with Crippen LogP contribution in [0.25, 0.3) is 10.9 Å². The van der Waals surface area contributed by atoms with Crippen molar-refractivity contribution in [2.45, 2.75) is 31.8 Å². The third-order valence-corrected chi connectivity index (χ3v) is 5.93. The fourth-order valence-corrected chi connectivity index (χ4v) is 4.01. The van der Waals surface area contributed by atoms with E-state index >= 15 is 0 Å². The highest BCUT2D eigenvalue weighted by Gasteiger charge is 2.35. The van der Waals surface area contributed by atoms with Crippen LogP contribution in [0.5, 0.6) is 11.5 Å². The molecule has 0 aliphatic carbocycles. The summed E-state index contributed by atoms with van der Waals surface area (Å²) in [6.45, 7) is 2.13. The third kappa shape index (κ3) is 6.30. The topological polar surface area (TPSA) is 101 Å². The van der Waals surface area contributed by atoms with Crippen molar-refractivity contribution >= 4 is 28.5 Å². The normalized spacial score (nSPS) is 15.5. The van der Waals surface area contributed by atoms with Crippen LogP contribution in [0.15, 0.2) is 18.2 Å². The summed E-state index contributed by atoms with van der Waals surface area (Å²) in [5.74, 6) is -0.154. The van der Waals surface area contributed by atoms with Gasteiger partial charge in [-0.1, -0.05) is 0 Å². The van der Waals surface area contributed by atoms with Crippen LogP contribution < -0.4 is 19.7 Å². The first kappa shape index (κ1) is 25.8. The van der Waals surface area contributed by atoms with Crippen molar-refractivity contribution in [1.82, 2.24) is 25.1 Å². The number of piperidine rings is 1. The number of alkyl halides is 2. The maximum absolute atomic E-state index is 13.8. The van der Waals surface area contributed by atoms with Gasteiger partial charge in [0.05, 0.1) is 31.5 Å². The zero-order valence-electron chi connectivity index (χ0n) is 21.1. The van der Waals surface area contributed by atoms with Gasteiger partial charge in [0.25, 0.3) is 5.92 Å². The number of aromatic amines is 1. The number of rotatable bonds is 11. The second kappa shape index (κ2) is 11.2. The molecule has 10 nitrogen and oxygen atoms in total. The van der Waals surface area contributed by atoms with Gasteiger partial charge < -0.3 is 29.3 Å². The molecule has 0 atom stereocenters. The monoisotopic (exact) mass is 505 g/mol. The Morgan fingerprint density at radius 2 is 1.89 bits per heavy atom. The number of anilines is 3. The van der Waals surface area contributed by atoms with Gasteiger partial charge in [0.15, 0.2) is 17.3 Å². The largest absolute Gasteiger partial charge is 0.493 e. The number of ether oxygens (including phenoxy) is 3. The summed E-state index contributed by atoms with van der Waals surface area (Å²) in [5, 5.41) is 11.1. The summed E-state index contributed by atoms with van der Waals surface area (Å²) >= 11 is 0. The van der Waals surface area contributed by atoms with Gasteiger partial charge in [0.1, 0.15) is 5.82 Å². The Kier molecular flexibility index (Phi) is 8.04. The average molecular weight is 506 g/mol. The summed E-state index contributed by atoms with van der Waals surface area (Å²) in [5.41, 5.74) is 1.40. The summed E-state index contributed by atoms with van der Waals surface area (Å²) < 4.78 is 44.3. The van der Waals surface area contributed by atoms with Crippen molar-refractivity contribution < 1.29 is 23.0 Å². The molecule has 0 radical (unpaired) electrons. The number of nitrogens with zero attached hydrogens (tertiary/aromatic N) is 5. The highest BCUT2D eigenvalue weighted by Crippen LogP contribution is 2.37. The highest BCUT2D eigenvalue weighted by atomic mass is 19.3. The maximum Gasteiger partial charge on any atom is 0.251 e. The van der Waals surface area contributed by atoms with Crippen molar-refractivity contribution in [2.75, 3.05) is 64.8 Å². The van der Waals surface area contributed by atoms with Crippen molar-refractivity contribution in [3.63, 3.8) is 0 Å². The Morgan fingerprint density at radius 3 is 2.58 bits per heavy atom. The molecule has 1 saturated heterocycles. The summed E-state index contributed by atoms with van der Waals surface area (Å²) in [4.78, 5) is 13.3. The third-order valence-electron chi connectivity index (χ3n) is 5.93. The number of fused-ring (bicyclic) bond motifs is 1. The molecule has 0 amide bonds. The minimum Gasteiger partial charge on any atom is -0.493 e. The molecule has 196 valence electrons. The lowest BCUT2D eigenvalue weighted by Gasteiger charge is -2.32. The molecule has 1 fully saturated rings. The number of halogens is 2. The van der Waals surface area contributed by atoms with Crippen LogP contribution in [-0.4, -0.2) is 85.5 Å². The van der Waals surface area contributed by atoms with E-state index in [-0.39, 0.29) is 25.9 Å². The molecule has 0 bridgehead atoms. The Bertz CT molecular complexity index is 1160. The van der Waals surface area contributed by atoms with E-state index in [9.17, 15) is 8.78 Å². The SMILES string of the molecule is COCc1cc(Nc2nc(N3CCC(F)(F)CC3)nc3cc(OCCCN(C)C)c(OC)cc23)n[nH]1. The predicted octanol–water partition coefficient (Wildman–Crippen LogP) is 3.82. The lowest BCUT2D eigenvalue weighted by atomic mass is 10.1. The van der Waals surface area contributed by atoms with Gasteiger partial charge in [-0.15, -0.1) is 0 Å². The molecule has 3 aromatic rings. The van der Waals surface area contributed by atoms with Crippen LogP contribution >= 0.6 is 0 Å². The zero-order valence-corrected chi connectivity index (χ0v) is 21.1. The molecule has 3 heterocycles. The standard InChI is InChI=1S/C24H33F2N7O3/c1-32(2)8-5-11-36-20-14-18-17(13-19(20)35-4)22(28-21-12-16(15-34-3)30-31-21)29-23(27-18)33-9-6-24(25,26)7-10-33/h12-14H,5-11,15H2,1-4H3,(H2,27,28,29,30,31). The van der Waals surface area contributed by atoms with E-state index in [1.807, 2.05) is 26.2 Å². The fourth-order valence-electron chi connectivity index (χ4n) is 4.01. The summed E-state index contributed by atoms with van der Waals surface area (Å²) in [7, 11) is 7.21. The lowest BCUT2D eigenvalue weighted by Crippen LogP contribution is -2.40. The molecule has 1 aliphatic heterocycles. The molecule has 36 heavy (non-hydrogen) atoms. The van der Waals surface area contributed by atoms with E-state index in [1.165, 1.54) is 0 Å². The Labute approximate surface area is 208 Å². The smallest absolute Gasteiger partial charge is 0.251 e. The van der Waals surface area contributed by atoms with Crippen molar-refractivity contribution in [3.05, 3.63) is 23.9 Å². The van der Waals surface area contributed by atoms with Crippen LogP contribution in [0.2, 0.25) is 0 Å². The molecule has 12 heteroatoms. The zero-order chi connectivity index (χ0) is 25.7. The molecule has 4 rings (SSSR count). The molecular weight excluding hydrogens is 472 g/mol. The van der Waals surface area contributed by atoms with Crippen molar-refractivity contribution in [3.8, 4) is 11.5 Å². The van der Waals surface area contributed by atoms with Crippen LogP contribution in [0.4, 0.5) is 26.4 Å². The fraction of sp³-hybridized carbons (Fsp3) is 0.542. The Morgan fingerprint density at radius 1 is 1.11 bits per heavy atom.